The van der Waals surface area contributed by atoms with E-state index in [9.17, 15) is 8.42 Å². The maximum atomic E-state index is 12.1. The number of aromatic amines is 1. The van der Waals surface area contributed by atoms with Crippen LogP contribution < -0.4 is 9.62 Å². The highest BCUT2D eigenvalue weighted by atomic mass is 32.2. The van der Waals surface area contributed by atoms with Crippen LogP contribution in [-0.2, 0) is 10.0 Å². The van der Waals surface area contributed by atoms with Gasteiger partial charge in [-0.2, -0.15) is 0 Å². The topological polar surface area (TPSA) is 91.0 Å². The van der Waals surface area contributed by atoms with E-state index in [1.54, 1.807) is 6.33 Å². The number of fused-ring (bicyclic) bond motifs is 1. The second kappa shape index (κ2) is 6.45. The zero-order valence-corrected chi connectivity index (χ0v) is 14.3. The third-order valence-corrected chi connectivity index (χ3v) is 6.68. The number of H-pyrrole nitrogens is 1. The Labute approximate surface area is 136 Å². The van der Waals surface area contributed by atoms with Gasteiger partial charge in [-0.1, -0.05) is 6.92 Å². The lowest BCUT2D eigenvalue weighted by Gasteiger charge is -2.35. The van der Waals surface area contributed by atoms with Crippen LogP contribution in [0.5, 0.6) is 0 Å². The van der Waals surface area contributed by atoms with Crippen molar-refractivity contribution in [1.29, 1.82) is 0 Å². The number of aromatic nitrogens is 3. The molecule has 0 aromatic carbocycles. The van der Waals surface area contributed by atoms with Crippen LogP contribution >= 0.6 is 0 Å². The van der Waals surface area contributed by atoms with Crippen molar-refractivity contribution in [3.8, 4) is 0 Å². The predicted octanol–water partition coefficient (Wildman–Crippen LogP) is 1.64. The molecule has 1 saturated carbocycles. The first-order chi connectivity index (χ1) is 11.0. The minimum absolute atomic E-state index is 0.273. The van der Waals surface area contributed by atoms with E-state index in [4.69, 9.17) is 0 Å². The van der Waals surface area contributed by atoms with Crippen molar-refractivity contribution in [2.45, 2.75) is 43.9 Å². The van der Waals surface area contributed by atoms with Crippen molar-refractivity contribution in [1.82, 2.24) is 19.7 Å². The smallest absolute Gasteiger partial charge is 0.214 e. The lowest BCUT2D eigenvalue weighted by molar-refractivity contribution is 0.418. The summed E-state index contributed by atoms with van der Waals surface area (Å²) >= 11 is 0. The number of rotatable bonds is 5. The number of nitrogens with one attached hydrogen (secondary N) is 2. The van der Waals surface area contributed by atoms with Crippen LogP contribution in [-0.4, -0.2) is 48.3 Å². The monoisotopic (exact) mass is 337 g/mol. The zero-order chi connectivity index (χ0) is 16.4. The Bertz CT molecular complexity index is 765. The van der Waals surface area contributed by atoms with Crippen LogP contribution in [0.25, 0.3) is 11.0 Å². The van der Waals surface area contributed by atoms with Crippen LogP contribution in [0, 0.1) is 0 Å². The average molecular weight is 337 g/mol. The maximum Gasteiger partial charge on any atom is 0.214 e. The molecule has 0 radical (unpaired) electrons. The first kappa shape index (κ1) is 16.2. The van der Waals surface area contributed by atoms with Crippen molar-refractivity contribution in [2.24, 2.45) is 0 Å². The molecule has 126 valence electrons. The predicted molar refractivity (Wildman–Crippen MR) is 90.9 cm³/mol. The summed E-state index contributed by atoms with van der Waals surface area (Å²) in [4.78, 5) is 13.9. The van der Waals surface area contributed by atoms with Gasteiger partial charge in [0.05, 0.1) is 10.6 Å². The molecule has 0 amide bonds. The minimum atomic E-state index is -3.17. The van der Waals surface area contributed by atoms with E-state index in [1.807, 2.05) is 26.2 Å². The third kappa shape index (κ3) is 3.18. The Hall–Kier alpha value is -1.67. The molecule has 23 heavy (non-hydrogen) atoms. The van der Waals surface area contributed by atoms with Gasteiger partial charge in [0.1, 0.15) is 17.8 Å². The van der Waals surface area contributed by atoms with Crippen LogP contribution in [0.2, 0.25) is 0 Å². The quantitative estimate of drug-likeness (QED) is 0.865. The highest BCUT2D eigenvalue weighted by Crippen LogP contribution is 2.30. The second-order valence-electron chi connectivity index (χ2n) is 6.02. The van der Waals surface area contributed by atoms with Crippen molar-refractivity contribution in [3.05, 3.63) is 18.6 Å². The summed E-state index contributed by atoms with van der Waals surface area (Å²) in [7, 11) is -1.15. The Morgan fingerprint density at radius 1 is 1.30 bits per heavy atom. The molecular formula is C15H23N5O2S. The molecule has 1 aliphatic rings. The van der Waals surface area contributed by atoms with Gasteiger partial charge in [-0.3, -0.25) is 0 Å². The van der Waals surface area contributed by atoms with Crippen molar-refractivity contribution in [2.75, 3.05) is 18.5 Å². The number of sulfonamides is 1. The summed E-state index contributed by atoms with van der Waals surface area (Å²) in [5.41, 5.74) is 0.824. The SMILES string of the molecule is CCNS(=O)(=O)C1CCC(N(C)c2ncnc3[nH]ccc23)CC1. The zero-order valence-electron chi connectivity index (χ0n) is 13.5. The fourth-order valence-corrected chi connectivity index (χ4v) is 4.91. The summed E-state index contributed by atoms with van der Waals surface area (Å²) in [6.45, 7) is 2.27. The summed E-state index contributed by atoms with van der Waals surface area (Å²) < 4.78 is 26.9. The first-order valence-corrected chi connectivity index (χ1v) is 9.57. The number of hydrogen-bond acceptors (Lipinski definition) is 5. The van der Waals surface area contributed by atoms with Crippen molar-refractivity contribution < 1.29 is 8.42 Å². The molecule has 1 fully saturated rings. The summed E-state index contributed by atoms with van der Waals surface area (Å²) in [6.07, 6.45) is 6.49. The Kier molecular flexibility index (Phi) is 4.54. The van der Waals surface area contributed by atoms with E-state index in [0.717, 1.165) is 29.7 Å². The van der Waals surface area contributed by atoms with Crippen LogP contribution in [0.3, 0.4) is 0 Å². The van der Waals surface area contributed by atoms with Crippen LogP contribution in [0.4, 0.5) is 5.82 Å². The van der Waals surface area contributed by atoms with E-state index in [1.165, 1.54) is 0 Å². The van der Waals surface area contributed by atoms with E-state index < -0.39 is 10.0 Å². The Morgan fingerprint density at radius 3 is 2.74 bits per heavy atom. The van der Waals surface area contributed by atoms with Gasteiger partial charge in [-0.25, -0.2) is 23.1 Å². The fourth-order valence-electron chi connectivity index (χ4n) is 3.37. The van der Waals surface area contributed by atoms with Crippen LogP contribution in [0.15, 0.2) is 18.6 Å². The Balaban J connectivity index is 1.71. The largest absolute Gasteiger partial charge is 0.356 e. The van der Waals surface area contributed by atoms with Gasteiger partial charge >= 0.3 is 0 Å². The van der Waals surface area contributed by atoms with Gasteiger partial charge in [0.15, 0.2) is 0 Å². The van der Waals surface area contributed by atoms with Gasteiger partial charge in [0.2, 0.25) is 10.0 Å². The van der Waals surface area contributed by atoms with E-state index in [2.05, 4.69) is 24.6 Å². The summed E-state index contributed by atoms with van der Waals surface area (Å²) in [5, 5.41) is 0.724. The fraction of sp³-hybridized carbons (Fsp3) is 0.600. The summed E-state index contributed by atoms with van der Waals surface area (Å²) in [5.74, 6) is 0.897. The molecule has 0 unspecified atom stereocenters. The molecular weight excluding hydrogens is 314 g/mol. The van der Waals surface area contributed by atoms with Gasteiger partial charge in [-0.05, 0) is 31.7 Å². The Morgan fingerprint density at radius 2 is 2.04 bits per heavy atom. The number of nitrogens with zero attached hydrogens (tertiary/aromatic N) is 3. The number of hydrogen-bond donors (Lipinski definition) is 2. The standard InChI is InChI=1S/C15H23N5O2S/c1-3-19-23(21,22)12-6-4-11(5-7-12)20(2)15-13-8-9-16-14(13)17-10-18-15/h8-12,19H,3-7H2,1-2H3,(H,16,17,18). The molecule has 1 aliphatic carbocycles. The van der Waals surface area contributed by atoms with Gasteiger partial charge in [0, 0.05) is 25.8 Å². The van der Waals surface area contributed by atoms with Crippen molar-refractivity contribution in [3.63, 3.8) is 0 Å². The molecule has 3 rings (SSSR count). The van der Waals surface area contributed by atoms with E-state index in [-0.39, 0.29) is 5.25 Å². The van der Waals surface area contributed by atoms with Crippen LogP contribution in [0.1, 0.15) is 32.6 Å². The molecule has 0 bridgehead atoms. The van der Waals surface area contributed by atoms with Crippen molar-refractivity contribution >= 4 is 26.9 Å². The molecule has 2 N–H and O–H groups in total. The second-order valence-corrected chi connectivity index (χ2v) is 8.07. The lowest BCUT2D eigenvalue weighted by atomic mass is 9.94. The van der Waals surface area contributed by atoms with E-state index >= 15 is 0 Å². The molecule has 7 nitrogen and oxygen atoms in total. The molecule has 8 heteroatoms. The lowest BCUT2D eigenvalue weighted by Crippen LogP contribution is -2.42. The molecule has 0 atom stereocenters. The normalized spacial score (nSPS) is 22.3. The molecule has 2 aromatic heterocycles. The average Bonchev–Trinajstić information content (AvgIpc) is 3.03. The maximum absolute atomic E-state index is 12.1. The molecule has 0 aliphatic heterocycles. The number of anilines is 1. The highest BCUT2D eigenvalue weighted by Gasteiger charge is 2.32. The molecule has 2 aromatic rings. The molecule has 2 heterocycles. The van der Waals surface area contributed by atoms with E-state index in [0.29, 0.717) is 25.4 Å². The first-order valence-electron chi connectivity index (χ1n) is 8.02. The molecule has 0 saturated heterocycles. The van der Waals surface area contributed by atoms with Gasteiger partial charge in [0.25, 0.3) is 0 Å². The minimum Gasteiger partial charge on any atom is -0.356 e. The highest BCUT2D eigenvalue weighted by molar-refractivity contribution is 7.90. The summed E-state index contributed by atoms with van der Waals surface area (Å²) in [6, 6.07) is 2.28. The third-order valence-electron chi connectivity index (χ3n) is 4.64. The molecule has 0 spiro atoms. The van der Waals surface area contributed by atoms with Gasteiger partial charge in [-0.15, -0.1) is 0 Å². The van der Waals surface area contributed by atoms with Gasteiger partial charge < -0.3 is 9.88 Å².